The number of aliphatic imine (C=N–C) groups is 1. The number of aryl methyl sites for hydroxylation is 1. The third-order valence-corrected chi connectivity index (χ3v) is 6.18. The van der Waals surface area contributed by atoms with Crippen LogP contribution in [0.15, 0.2) is 78.6 Å². The highest BCUT2D eigenvalue weighted by Crippen LogP contribution is 2.32. The van der Waals surface area contributed by atoms with Crippen molar-refractivity contribution in [1.82, 2.24) is 9.29 Å². The van der Waals surface area contributed by atoms with Gasteiger partial charge in [-0.05, 0) is 42.3 Å². The number of pyridine rings is 1. The van der Waals surface area contributed by atoms with Gasteiger partial charge in [-0.25, -0.2) is 4.99 Å². The Morgan fingerprint density at radius 2 is 1.90 bits per heavy atom. The summed E-state index contributed by atoms with van der Waals surface area (Å²) in [5, 5.41) is 0. The van der Waals surface area contributed by atoms with E-state index in [9.17, 15) is 8.42 Å². The van der Waals surface area contributed by atoms with Crippen LogP contribution in [0.25, 0.3) is 22.4 Å². The maximum atomic E-state index is 12.2. The van der Waals surface area contributed by atoms with Crippen LogP contribution >= 0.6 is 0 Å². The quantitative estimate of drug-likeness (QED) is 0.435. The molecule has 0 atom stereocenters. The lowest BCUT2D eigenvalue weighted by atomic mass is 9.95. The van der Waals surface area contributed by atoms with Gasteiger partial charge in [0.2, 0.25) is 0 Å². The molecule has 3 aromatic rings. The predicted octanol–water partition coefficient (Wildman–Crippen LogP) is 3.79. The Bertz CT molecular complexity index is 1250. The van der Waals surface area contributed by atoms with Crippen molar-refractivity contribution in [2.75, 3.05) is 18.8 Å². The highest BCUT2D eigenvalue weighted by molar-refractivity contribution is 7.90. The Morgan fingerprint density at radius 1 is 1.13 bits per heavy atom. The normalized spacial score (nSPS) is 12.1. The van der Waals surface area contributed by atoms with Gasteiger partial charge in [-0.3, -0.25) is 9.71 Å². The average molecular weight is 436 g/mol. The first-order chi connectivity index (χ1) is 14.7. The topological polar surface area (TPSA) is 101 Å². The number of aromatic nitrogens is 1. The van der Waals surface area contributed by atoms with Gasteiger partial charge in [0, 0.05) is 43.2 Å². The predicted molar refractivity (Wildman–Crippen MR) is 127 cm³/mol. The van der Waals surface area contributed by atoms with Crippen LogP contribution in [-0.4, -0.2) is 37.6 Å². The number of nitrogens with zero attached hydrogens (tertiary/aromatic N) is 3. The van der Waals surface area contributed by atoms with E-state index in [-0.39, 0.29) is 0 Å². The zero-order valence-corrected chi connectivity index (χ0v) is 18.5. The fraction of sp³-hybridized carbons (Fsp3) is 0.130. The van der Waals surface area contributed by atoms with E-state index in [0.29, 0.717) is 11.5 Å². The van der Waals surface area contributed by atoms with Crippen molar-refractivity contribution in [2.24, 2.45) is 10.7 Å². The zero-order valence-electron chi connectivity index (χ0n) is 17.7. The molecule has 0 saturated carbocycles. The van der Waals surface area contributed by atoms with Gasteiger partial charge in [-0.1, -0.05) is 36.9 Å². The molecule has 3 N–H and O–H groups in total. The molecule has 0 radical (unpaired) electrons. The monoisotopic (exact) mass is 435 g/mol. The second-order valence-electron chi connectivity index (χ2n) is 7.10. The first-order valence-electron chi connectivity index (χ1n) is 9.54. The van der Waals surface area contributed by atoms with Gasteiger partial charge in [-0.2, -0.15) is 12.7 Å². The molecule has 0 unspecified atom stereocenters. The van der Waals surface area contributed by atoms with Crippen molar-refractivity contribution < 1.29 is 8.42 Å². The van der Waals surface area contributed by atoms with E-state index in [1.54, 1.807) is 24.4 Å². The summed E-state index contributed by atoms with van der Waals surface area (Å²) in [5.74, 6) is 0.389. The fourth-order valence-electron chi connectivity index (χ4n) is 3.07. The van der Waals surface area contributed by atoms with E-state index in [1.807, 2.05) is 43.3 Å². The summed E-state index contributed by atoms with van der Waals surface area (Å²) in [7, 11) is -0.667. The molecule has 0 fully saturated rings. The van der Waals surface area contributed by atoms with Gasteiger partial charge in [0.15, 0.2) is 0 Å². The molecule has 0 aliphatic carbocycles. The van der Waals surface area contributed by atoms with Gasteiger partial charge in [-0.15, -0.1) is 0 Å². The number of nitrogens with one attached hydrogen (secondary N) is 1. The van der Waals surface area contributed by atoms with Gasteiger partial charge >= 0.3 is 10.2 Å². The number of nitrogens with two attached hydrogens (primary N) is 1. The summed E-state index contributed by atoms with van der Waals surface area (Å²) < 4.78 is 28.1. The Labute approximate surface area is 183 Å². The second kappa shape index (κ2) is 9.11. The average Bonchev–Trinajstić information content (AvgIpc) is 2.74. The molecule has 0 bridgehead atoms. The molecule has 7 nitrogen and oxygen atoms in total. The van der Waals surface area contributed by atoms with E-state index >= 15 is 0 Å². The molecule has 3 rings (SSSR count). The largest absolute Gasteiger partial charge is 0.383 e. The summed E-state index contributed by atoms with van der Waals surface area (Å²) in [5.41, 5.74) is 11.7. The molecule has 0 saturated heterocycles. The van der Waals surface area contributed by atoms with Crippen molar-refractivity contribution in [3.05, 3.63) is 84.7 Å². The van der Waals surface area contributed by atoms with Crippen LogP contribution < -0.4 is 10.5 Å². The third-order valence-electron chi connectivity index (χ3n) is 4.73. The highest BCUT2D eigenvalue weighted by Gasteiger charge is 2.15. The molecule has 0 aliphatic rings. The van der Waals surface area contributed by atoms with Crippen LogP contribution in [0.5, 0.6) is 0 Å². The minimum Gasteiger partial charge on any atom is -0.383 e. The number of hydrogen-bond acceptors (Lipinski definition) is 4. The number of rotatable bonds is 7. The van der Waals surface area contributed by atoms with Crippen molar-refractivity contribution in [3.8, 4) is 22.4 Å². The standard InChI is InChI=1S/C23H25N5O2S/c1-5-25-23(24)21-15-17(12-11-16(21)2)20-10-7-13-26-22(20)18-8-6-9-19(14-18)27-31(29,30)28(3)4/h5-15,27H,1H2,2-4H3,(H2,24,25). The first kappa shape index (κ1) is 22.2. The molecule has 0 spiro atoms. The Morgan fingerprint density at radius 3 is 2.61 bits per heavy atom. The lowest BCUT2D eigenvalue weighted by Gasteiger charge is -2.15. The van der Waals surface area contributed by atoms with E-state index in [1.165, 1.54) is 20.3 Å². The highest BCUT2D eigenvalue weighted by atomic mass is 32.2. The van der Waals surface area contributed by atoms with Crippen LogP contribution in [0.4, 0.5) is 5.69 Å². The minimum absolute atomic E-state index is 0.389. The first-order valence-corrected chi connectivity index (χ1v) is 11.0. The summed E-state index contributed by atoms with van der Waals surface area (Å²) in [6.07, 6.45) is 3.12. The number of amidine groups is 1. The van der Waals surface area contributed by atoms with Crippen LogP contribution in [-0.2, 0) is 10.2 Å². The van der Waals surface area contributed by atoms with E-state index in [2.05, 4.69) is 21.3 Å². The summed E-state index contributed by atoms with van der Waals surface area (Å²) in [6.45, 7) is 5.57. The molecule has 8 heteroatoms. The maximum absolute atomic E-state index is 12.2. The molecular weight excluding hydrogens is 410 g/mol. The molecule has 160 valence electrons. The third kappa shape index (κ3) is 4.99. The SMILES string of the molecule is C=C/N=C(/N)c1cc(-c2cccnc2-c2cccc(NS(=O)(=O)N(C)C)c2)ccc1C. The summed E-state index contributed by atoms with van der Waals surface area (Å²) in [6, 6.07) is 16.9. The molecule has 1 aromatic heterocycles. The molecule has 0 amide bonds. The second-order valence-corrected chi connectivity index (χ2v) is 8.98. The van der Waals surface area contributed by atoms with E-state index < -0.39 is 10.2 Å². The minimum atomic E-state index is -3.61. The molecule has 2 aromatic carbocycles. The number of hydrogen-bond donors (Lipinski definition) is 2. The summed E-state index contributed by atoms with van der Waals surface area (Å²) in [4.78, 5) is 8.67. The van der Waals surface area contributed by atoms with Gasteiger partial charge in [0.05, 0.1) is 11.4 Å². The van der Waals surface area contributed by atoms with Gasteiger partial charge in [0.25, 0.3) is 0 Å². The maximum Gasteiger partial charge on any atom is 0.301 e. The van der Waals surface area contributed by atoms with E-state index in [0.717, 1.165) is 37.8 Å². The van der Waals surface area contributed by atoms with E-state index in [4.69, 9.17) is 5.73 Å². The number of anilines is 1. The van der Waals surface area contributed by atoms with Crippen molar-refractivity contribution in [2.45, 2.75) is 6.92 Å². The van der Waals surface area contributed by atoms with Gasteiger partial charge < -0.3 is 5.73 Å². The smallest absolute Gasteiger partial charge is 0.301 e. The van der Waals surface area contributed by atoms with Crippen LogP contribution in [0.1, 0.15) is 11.1 Å². The van der Waals surface area contributed by atoms with Gasteiger partial charge in [0.1, 0.15) is 5.84 Å². The Hall–Kier alpha value is -3.49. The molecular formula is C23H25N5O2S. The van der Waals surface area contributed by atoms with Crippen molar-refractivity contribution in [1.29, 1.82) is 0 Å². The van der Waals surface area contributed by atoms with Crippen LogP contribution in [0.3, 0.4) is 0 Å². The molecule has 0 aliphatic heterocycles. The fourth-order valence-corrected chi connectivity index (χ4v) is 3.68. The lowest BCUT2D eigenvalue weighted by molar-refractivity contribution is 0.527. The van der Waals surface area contributed by atoms with Crippen molar-refractivity contribution >= 4 is 21.7 Å². The Balaban J connectivity index is 2.09. The van der Waals surface area contributed by atoms with Crippen LogP contribution in [0, 0.1) is 6.92 Å². The summed E-state index contributed by atoms with van der Waals surface area (Å²) >= 11 is 0. The number of benzene rings is 2. The zero-order chi connectivity index (χ0) is 22.6. The Kier molecular flexibility index (Phi) is 6.53. The molecule has 1 heterocycles. The van der Waals surface area contributed by atoms with Crippen LogP contribution in [0.2, 0.25) is 0 Å². The molecule has 31 heavy (non-hydrogen) atoms. The lowest BCUT2D eigenvalue weighted by Crippen LogP contribution is -2.28. The van der Waals surface area contributed by atoms with Crippen molar-refractivity contribution in [3.63, 3.8) is 0 Å².